The van der Waals surface area contributed by atoms with Crippen molar-refractivity contribution in [1.82, 2.24) is 4.90 Å². The van der Waals surface area contributed by atoms with Gasteiger partial charge >= 0.3 is 6.18 Å². The lowest BCUT2D eigenvalue weighted by atomic mass is 9.86. The van der Waals surface area contributed by atoms with E-state index in [0.717, 1.165) is 29.8 Å². The second-order valence-electron chi connectivity index (χ2n) is 7.10. The summed E-state index contributed by atoms with van der Waals surface area (Å²) in [4.78, 5) is 2.41. The van der Waals surface area contributed by atoms with Crippen LogP contribution in [0.15, 0.2) is 42.5 Å². The Balaban J connectivity index is 1.72. The third kappa shape index (κ3) is 2.35. The summed E-state index contributed by atoms with van der Waals surface area (Å²) in [5, 5.41) is 0. The molecule has 0 amide bonds. The molecule has 2 bridgehead atoms. The number of hydrogen-bond acceptors (Lipinski definition) is 1. The average Bonchev–Trinajstić information content (AvgIpc) is 2.73. The number of hydrogen-bond donors (Lipinski definition) is 0. The van der Waals surface area contributed by atoms with Crippen molar-refractivity contribution < 1.29 is 13.2 Å². The number of nitrogens with zero attached hydrogens (tertiary/aromatic N) is 1. The predicted molar refractivity (Wildman–Crippen MR) is 88.8 cm³/mol. The number of piperidine rings is 1. The summed E-state index contributed by atoms with van der Waals surface area (Å²) in [6.07, 6.45) is -3.10. The standard InChI is InChI=1S/C20H20F3N/c1-12-16-9-10-24(2)19(12)18-11-14(5-8-17(16)18)13-3-6-15(7-4-13)20(21,22)23/h3-8,11-12,16,19H,9-10H2,1-2H3/t12-,16?,19?/m0/s1. The van der Waals surface area contributed by atoms with Gasteiger partial charge in [0.1, 0.15) is 0 Å². The molecule has 3 atom stereocenters. The Bertz CT molecular complexity index is 763. The van der Waals surface area contributed by atoms with Crippen molar-refractivity contribution in [2.45, 2.75) is 31.5 Å². The molecule has 2 unspecified atom stereocenters. The van der Waals surface area contributed by atoms with E-state index < -0.39 is 11.7 Å². The minimum absolute atomic E-state index is 0.424. The zero-order chi connectivity index (χ0) is 17.1. The lowest BCUT2D eigenvalue weighted by molar-refractivity contribution is -0.137. The summed E-state index contributed by atoms with van der Waals surface area (Å²) in [6.45, 7) is 3.41. The molecule has 0 radical (unpaired) electrons. The van der Waals surface area contributed by atoms with Crippen LogP contribution in [0.4, 0.5) is 13.2 Å². The van der Waals surface area contributed by atoms with Gasteiger partial charge in [-0.2, -0.15) is 13.2 Å². The Morgan fingerprint density at radius 1 is 0.958 bits per heavy atom. The molecule has 1 fully saturated rings. The molecule has 0 aromatic heterocycles. The highest BCUT2D eigenvalue weighted by Gasteiger charge is 2.43. The van der Waals surface area contributed by atoms with Gasteiger partial charge in [0.05, 0.1) is 5.56 Å². The number of likely N-dealkylation sites (tertiary alicyclic amines) is 1. The van der Waals surface area contributed by atoms with E-state index in [4.69, 9.17) is 0 Å². The largest absolute Gasteiger partial charge is 0.416 e. The van der Waals surface area contributed by atoms with Crippen LogP contribution in [0.25, 0.3) is 11.1 Å². The molecule has 126 valence electrons. The van der Waals surface area contributed by atoms with Gasteiger partial charge in [0.25, 0.3) is 0 Å². The van der Waals surface area contributed by atoms with Crippen LogP contribution in [-0.4, -0.2) is 18.5 Å². The second-order valence-corrected chi connectivity index (χ2v) is 7.10. The lowest BCUT2D eigenvalue weighted by Crippen LogP contribution is -2.33. The monoisotopic (exact) mass is 331 g/mol. The third-order valence-electron chi connectivity index (χ3n) is 5.75. The van der Waals surface area contributed by atoms with Crippen molar-refractivity contribution >= 4 is 0 Å². The Morgan fingerprint density at radius 2 is 1.62 bits per heavy atom. The first-order chi connectivity index (χ1) is 11.4. The fourth-order valence-electron chi connectivity index (χ4n) is 4.53. The summed E-state index contributed by atoms with van der Waals surface area (Å²) in [7, 11) is 2.16. The molecule has 4 heteroatoms. The van der Waals surface area contributed by atoms with Gasteiger partial charge in [0.15, 0.2) is 0 Å². The van der Waals surface area contributed by atoms with Crippen LogP contribution in [0.2, 0.25) is 0 Å². The van der Waals surface area contributed by atoms with Crippen molar-refractivity contribution in [2.75, 3.05) is 13.6 Å². The van der Waals surface area contributed by atoms with Gasteiger partial charge in [0.2, 0.25) is 0 Å². The summed E-state index contributed by atoms with van der Waals surface area (Å²) < 4.78 is 38.2. The molecular weight excluding hydrogens is 311 g/mol. The van der Waals surface area contributed by atoms with Crippen molar-refractivity contribution in [3.63, 3.8) is 0 Å². The summed E-state index contributed by atoms with van der Waals surface area (Å²) in [6, 6.07) is 12.3. The van der Waals surface area contributed by atoms with Gasteiger partial charge in [-0.3, -0.25) is 4.90 Å². The highest BCUT2D eigenvalue weighted by atomic mass is 19.4. The number of halogens is 3. The van der Waals surface area contributed by atoms with Gasteiger partial charge in [-0.15, -0.1) is 0 Å². The van der Waals surface area contributed by atoms with Crippen molar-refractivity contribution in [2.24, 2.45) is 5.92 Å². The topological polar surface area (TPSA) is 3.24 Å². The molecule has 1 saturated heterocycles. The summed E-state index contributed by atoms with van der Waals surface area (Å²) in [5.74, 6) is 1.21. The Morgan fingerprint density at radius 3 is 2.29 bits per heavy atom. The number of fused-ring (bicyclic) bond motifs is 5. The number of benzene rings is 2. The Kier molecular flexibility index (Phi) is 3.50. The quantitative estimate of drug-likeness (QED) is 0.668. The minimum atomic E-state index is -4.29. The summed E-state index contributed by atoms with van der Waals surface area (Å²) in [5.41, 5.74) is 4.01. The van der Waals surface area contributed by atoms with Crippen LogP contribution >= 0.6 is 0 Å². The first-order valence-electron chi connectivity index (χ1n) is 8.38. The van der Waals surface area contributed by atoms with E-state index in [1.807, 2.05) is 0 Å². The maximum Gasteiger partial charge on any atom is 0.416 e. The van der Waals surface area contributed by atoms with Crippen LogP contribution in [0.5, 0.6) is 0 Å². The van der Waals surface area contributed by atoms with Gasteiger partial charge in [0, 0.05) is 6.04 Å². The molecule has 1 nitrogen and oxygen atoms in total. The predicted octanol–water partition coefficient (Wildman–Crippen LogP) is 5.48. The lowest BCUT2D eigenvalue weighted by Gasteiger charge is -2.35. The molecule has 1 aliphatic heterocycles. The van der Waals surface area contributed by atoms with E-state index in [1.165, 1.54) is 17.5 Å². The molecule has 0 spiro atoms. The number of rotatable bonds is 1. The molecule has 0 saturated carbocycles. The highest BCUT2D eigenvalue weighted by molar-refractivity contribution is 5.66. The normalized spacial score (nSPS) is 26.5. The van der Waals surface area contributed by atoms with Crippen LogP contribution in [0.3, 0.4) is 0 Å². The summed E-state index contributed by atoms with van der Waals surface area (Å²) >= 11 is 0. The fourth-order valence-corrected chi connectivity index (χ4v) is 4.53. The molecule has 2 aromatic carbocycles. The van der Waals surface area contributed by atoms with Crippen LogP contribution in [0, 0.1) is 5.92 Å². The van der Waals surface area contributed by atoms with E-state index >= 15 is 0 Å². The SMILES string of the molecule is C[C@H]1C2CCN(C)C1c1cc(-c3ccc(C(F)(F)F)cc3)ccc12. The van der Waals surface area contributed by atoms with Gasteiger partial charge in [-0.25, -0.2) is 0 Å². The first-order valence-corrected chi connectivity index (χ1v) is 8.38. The second kappa shape index (κ2) is 5.35. The average molecular weight is 331 g/mol. The van der Waals surface area contributed by atoms with Crippen LogP contribution in [-0.2, 0) is 6.18 Å². The highest BCUT2D eigenvalue weighted by Crippen LogP contribution is 2.53. The molecule has 4 rings (SSSR count). The third-order valence-corrected chi connectivity index (χ3v) is 5.75. The maximum atomic E-state index is 12.7. The van der Waals surface area contributed by atoms with Crippen molar-refractivity contribution in [1.29, 1.82) is 0 Å². The molecule has 1 heterocycles. The van der Waals surface area contributed by atoms with Crippen molar-refractivity contribution in [3.05, 3.63) is 59.2 Å². The van der Waals surface area contributed by atoms with Crippen LogP contribution < -0.4 is 0 Å². The molecule has 2 aliphatic rings. The van der Waals surface area contributed by atoms with E-state index in [1.54, 1.807) is 12.1 Å². The van der Waals surface area contributed by atoms with E-state index in [0.29, 0.717) is 17.9 Å². The van der Waals surface area contributed by atoms with E-state index in [-0.39, 0.29) is 0 Å². The van der Waals surface area contributed by atoms with E-state index in [9.17, 15) is 13.2 Å². The molecule has 1 aliphatic carbocycles. The van der Waals surface area contributed by atoms with Gasteiger partial charge in [-0.1, -0.05) is 31.2 Å². The molecule has 24 heavy (non-hydrogen) atoms. The smallest absolute Gasteiger partial charge is 0.299 e. The molecular formula is C20H20F3N. The van der Waals surface area contributed by atoms with Gasteiger partial charge < -0.3 is 0 Å². The zero-order valence-corrected chi connectivity index (χ0v) is 13.8. The fraction of sp³-hybridized carbons (Fsp3) is 0.400. The minimum Gasteiger partial charge on any atom is -0.299 e. The number of alkyl halides is 3. The Hall–Kier alpha value is -1.81. The molecule has 0 N–H and O–H groups in total. The maximum absolute atomic E-state index is 12.7. The van der Waals surface area contributed by atoms with E-state index in [2.05, 4.69) is 37.1 Å². The first kappa shape index (κ1) is 15.7. The van der Waals surface area contributed by atoms with Crippen LogP contribution in [0.1, 0.15) is 42.0 Å². The van der Waals surface area contributed by atoms with Crippen molar-refractivity contribution in [3.8, 4) is 11.1 Å². The molecule has 2 aromatic rings. The zero-order valence-electron chi connectivity index (χ0n) is 13.8. The Labute approximate surface area is 140 Å². The van der Waals surface area contributed by atoms with Gasteiger partial charge in [-0.05, 0) is 72.3 Å².